The van der Waals surface area contributed by atoms with Crippen LogP contribution in [0.15, 0.2) is 0 Å². The molecule has 0 aliphatic carbocycles. The Morgan fingerprint density at radius 2 is 0.900 bits per heavy atom. The zero-order valence-electron chi connectivity index (χ0n) is 41.1. The lowest BCUT2D eigenvalue weighted by Crippen LogP contribution is -2.52. The highest BCUT2D eigenvalue weighted by Crippen LogP contribution is 2.26. The van der Waals surface area contributed by atoms with Crippen molar-refractivity contribution in [3.05, 3.63) is 0 Å². The summed E-state index contributed by atoms with van der Waals surface area (Å²) in [6, 6.07) is 0.792. The first-order valence-electron chi connectivity index (χ1n) is 27.5. The summed E-state index contributed by atoms with van der Waals surface area (Å²) in [5.74, 6) is 1.44. The first-order valence-corrected chi connectivity index (χ1v) is 30.4. The molecule has 1 fully saturated rings. The van der Waals surface area contributed by atoms with Gasteiger partial charge in [-0.1, -0.05) is 270 Å². The van der Waals surface area contributed by atoms with Crippen LogP contribution in [0.4, 0.5) is 0 Å². The van der Waals surface area contributed by atoms with Crippen LogP contribution >= 0.6 is 11.8 Å². The van der Waals surface area contributed by atoms with Crippen LogP contribution < -0.4 is 5.48 Å². The number of rotatable bonds is 47. The molecule has 1 aliphatic heterocycles. The Morgan fingerprint density at radius 3 is 1.33 bits per heavy atom. The minimum absolute atomic E-state index is 0.356. The molecule has 0 bridgehead atoms. The molecule has 358 valence electrons. The Labute approximate surface area is 382 Å². The molecular formula is C53H107NO4SSi. The molecule has 0 amide bonds. The third kappa shape index (κ3) is 39.7. The Hall–Kier alpha value is 0.0769. The number of hydrogen-bond donors (Lipinski definition) is 1. The fraction of sp³-hybridized carbons (Fsp3) is 0.981. The van der Waals surface area contributed by atoms with Gasteiger partial charge in [-0.25, -0.2) is 5.48 Å². The van der Waals surface area contributed by atoms with E-state index in [1.165, 1.54) is 256 Å². The Kier molecular flexibility index (Phi) is 45.6. The second-order valence-corrected chi connectivity index (χ2v) is 22.9. The third-order valence-electron chi connectivity index (χ3n) is 13.1. The lowest BCUT2D eigenvalue weighted by Gasteiger charge is -2.33. The Bertz CT molecular complexity index is 855. The van der Waals surface area contributed by atoms with Crippen molar-refractivity contribution in [2.75, 3.05) is 25.5 Å². The molecule has 0 spiro atoms. The van der Waals surface area contributed by atoms with E-state index in [0.29, 0.717) is 11.0 Å². The van der Waals surface area contributed by atoms with Gasteiger partial charge in [0.05, 0.1) is 0 Å². The Morgan fingerprint density at radius 1 is 0.517 bits per heavy atom. The highest BCUT2D eigenvalue weighted by molar-refractivity contribution is 8.13. The maximum Gasteiger partial charge on any atom is 0.517 e. The van der Waals surface area contributed by atoms with Crippen molar-refractivity contribution in [3.8, 4) is 0 Å². The van der Waals surface area contributed by atoms with Crippen LogP contribution in [0.3, 0.4) is 0 Å². The van der Waals surface area contributed by atoms with Crippen molar-refractivity contribution in [2.24, 2.45) is 5.92 Å². The van der Waals surface area contributed by atoms with Crippen LogP contribution in [-0.4, -0.2) is 39.4 Å². The van der Waals surface area contributed by atoms with E-state index in [-0.39, 0.29) is 0 Å². The van der Waals surface area contributed by atoms with E-state index in [2.05, 4.69) is 26.3 Å². The molecule has 1 saturated heterocycles. The molecule has 2 atom stereocenters. The number of nitrogens with one attached hydrogen (secondary N) is 1. The van der Waals surface area contributed by atoms with Gasteiger partial charge in [-0.2, -0.15) is 0 Å². The van der Waals surface area contributed by atoms with E-state index >= 15 is 0 Å². The van der Waals surface area contributed by atoms with Crippen LogP contribution in [0.1, 0.15) is 297 Å². The van der Waals surface area contributed by atoms with Gasteiger partial charge in [0.25, 0.3) is 0 Å². The van der Waals surface area contributed by atoms with Crippen molar-refractivity contribution < 1.29 is 18.2 Å². The van der Waals surface area contributed by atoms with Crippen LogP contribution in [0.2, 0.25) is 6.04 Å². The van der Waals surface area contributed by atoms with Crippen molar-refractivity contribution in [2.45, 2.75) is 303 Å². The summed E-state index contributed by atoms with van der Waals surface area (Å²) < 4.78 is 19.7. The molecule has 1 N–H and O–H groups in total. The van der Waals surface area contributed by atoms with Gasteiger partial charge < -0.3 is 8.85 Å². The number of hydrogen-bond acceptors (Lipinski definition) is 6. The molecule has 7 heteroatoms. The summed E-state index contributed by atoms with van der Waals surface area (Å²) in [7, 11) is -2.83. The van der Waals surface area contributed by atoms with Gasteiger partial charge in [0, 0.05) is 38.0 Å². The van der Waals surface area contributed by atoms with E-state index < -0.39 is 8.80 Å². The van der Waals surface area contributed by atoms with Gasteiger partial charge >= 0.3 is 8.80 Å². The van der Waals surface area contributed by atoms with Crippen LogP contribution in [0.25, 0.3) is 0 Å². The quantitative estimate of drug-likeness (QED) is 0.0485. The van der Waals surface area contributed by atoms with E-state index in [4.69, 9.17) is 13.4 Å². The molecule has 1 rings (SSSR count). The van der Waals surface area contributed by atoms with Crippen LogP contribution in [0, 0.1) is 5.92 Å². The summed E-state index contributed by atoms with van der Waals surface area (Å²) in [5.41, 5.74) is 3.38. The summed E-state index contributed by atoms with van der Waals surface area (Å²) in [6.07, 6.45) is 57.3. The predicted molar refractivity (Wildman–Crippen MR) is 268 cm³/mol. The van der Waals surface area contributed by atoms with Crippen molar-refractivity contribution >= 4 is 25.7 Å². The minimum atomic E-state index is -2.83. The summed E-state index contributed by atoms with van der Waals surface area (Å²) in [4.78, 5) is 12.7. The molecule has 1 aliphatic rings. The molecule has 0 aromatic carbocycles. The van der Waals surface area contributed by atoms with Crippen LogP contribution in [-0.2, 0) is 18.2 Å². The van der Waals surface area contributed by atoms with E-state index in [1.807, 2.05) is 0 Å². The molecule has 60 heavy (non-hydrogen) atoms. The molecule has 0 saturated carbocycles. The monoisotopic (exact) mass is 882 g/mol. The molecule has 1 heterocycles. The number of carbonyl (C=O) groups excluding carboxylic acids is 1. The standard InChI is InChI=1S/C53H107NO4SSi/c1-4-7-10-13-16-19-22-24-25-26-28-29-31-34-37-40-44-52-46-48-57-60(58-54-51-52,56-47-42-39-36-33-21-18-15-12-9-6-3)50-43-49-59-53(55)45-41-38-35-32-30-27-23-20-17-14-11-8-5-2/h52,54H,4-51H2,1-3H3. The molecular weight excluding hydrogens is 775 g/mol. The zero-order chi connectivity index (χ0) is 43.1. The molecule has 0 radical (unpaired) electrons. The highest BCUT2D eigenvalue weighted by Gasteiger charge is 2.42. The average molecular weight is 883 g/mol. The van der Waals surface area contributed by atoms with Crippen molar-refractivity contribution in [1.82, 2.24) is 5.48 Å². The van der Waals surface area contributed by atoms with Gasteiger partial charge in [-0.05, 0) is 38.0 Å². The number of unbranched alkanes of at least 4 members (excludes halogenated alkanes) is 36. The van der Waals surface area contributed by atoms with Crippen molar-refractivity contribution in [1.29, 1.82) is 0 Å². The summed E-state index contributed by atoms with van der Waals surface area (Å²) >= 11 is 1.52. The van der Waals surface area contributed by atoms with Crippen LogP contribution in [0.5, 0.6) is 0 Å². The minimum Gasteiger partial charge on any atom is -0.373 e. The average Bonchev–Trinajstić information content (AvgIpc) is 3.24. The predicted octanol–water partition coefficient (Wildman–Crippen LogP) is 18.2. The largest absolute Gasteiger partial charge is 0.517 e. The Balaban J connectivity index is 2.26. The summed E-state index contributed by atoms with van der Waals surface area (Å²) in [6.45, 7) is 9.23. The zero-order valence-corrected chi connectivity index (χ0v) is 42.9. The SMILES string of the molecule is CCCCCCCCCCCCCCCCCCC1CCO[Si](CCCSC(=O)CCCCCCCCCCCCCCC)(OCCCCCCCCCCCC)ONC1. The normalized spacial score (nSPS) is 17.3. The number of hydroxylamine groups is 1. The topological polar surface area (TPSA) is 56.8 Å². The second kappa shape index (κ2) is 47.1. The lowest BCUT2D eigenvalue weighted by molar-refractivity contribution is -0.111. The van der Waals surface area contributed by atoms with E-state index in [9.17, 15) is 4.79 Å². The second-order valence-electron chi connectivity index (χ2n) is 19.1. The molecule has 0 aromatic rings. The smallest absolute Gasteiger partial charge is 0.373 e. The first-order chi connectivity index (χ1) is 29.7. The fourth-order valence-corrected chi connectivity index (χ4v) is 12.4. The van der Waals surface area contributed by atoms with Gasteiger partial charge in [-0.3, -0.25) is 9.32 Å². The molecule has 5 nitrogen and oxygen atoms in total. The van der Waals surface area contributed by atoms with E-state index in [0.717, 1.165) is 63.7 Å². The summed E-state index contributed by atoms with van der Waals surface area (Å²) in [5, 5.41) is 0.356. The van der Waals surface area contributed by atoms with Gasteiger partial charge in [-0.15, -0.1) is 0 Å². The van der Waals surface area contributed by atoms with Gasteiger partial charge in [0.2, 0.25) is 0 Å². The van der Waals surface area contributed by atoms with Gasteiger partial charge in [0.15, 0.2) is 5.12 Å². The van der Waals surface area contributed by atoms with Gasteiger partial charge in [0.1, 0.15) is 0 Å². The molecule has 2 unspecified atom stereocenters. The third-order valence-corrected chi connectivity index (χ3v) is 16.8. The van der Waals surface area contributed by atoms with E-state index in [1.54, 1.807) is 0 Å². The lowest BCUT2D eigenvalue weighted by atomic mass is 9.97. The van der Waals surface area contributed by atoms with Crippen molar-refractivity contribution in [3.63, 3.8) is 0 Å². The molecule has 0 aromatic heterocycles. The number of carbonyl (C=O) groups is 1. The maximum atomic E-state index is 12.7. The highest BCUT2D eigenvalue weighted by atomic mass is 32.2. The number of thioether (sulfide) groups is 1. The first kappa shape index (κ1) is 58.1. The fourth-order valence-electron chi connectivity index (χ4n) is 8.93. The maximum absolute atomic E-state index is 12.7.